The van der Waals surface area contributed by atoms with Crippen LogP contribution in [0.3, 0.4) is 0 Å². The van der Waals surface area contributed by atoms with Crippen LogP contribution in [0.15, 0.2) is 59.5 Å². The lowest BCUT2D eigenvalue weighted by atomic mass is 10.1. The highest BCUT2D eigenvalue weighted by molar-refractivity contribution is 7.89. The maximum atomic E-state index is 12.6. The van der Waals surface area contributed by atoms with Crippen molar-refractivity contribution < 1.29 is 22.7 Å². The summed E-state index contributed by atoms with van der Waals surface area (Å²) in [6.07, 6.45) is 0.0415. The van der Waals surface area contributed by atoms with E-state index in [4.69, 9.17) is 21.5 Å². The molecule has 0 saturated carbocycles. The van der Waals surface area contributed by atoms with Crippen molar-refractivity contribution in [1.82, 2.24) is 4.57 Å². The standard InChI is InChI=1S/C22H21ClN2O5S/c1-14-11-20(15(2)25(14)18-7-9-19(10-8-18)31(24,28)29)21(26)13-30-22(27)12-16-3-5-17(23)6-4-16/h3-11H,12-13H2,1-2H3,(H2,24,28,29). The Morgan fingerprint density at radius 3 is 2.23 bits per heavy atom. The molecule has 162 valence electrons. The highest BCUT2D eigenvalue weighted by Gasteiger charge is 2.19. The highest BCUT2D eigenvalue weighted by Crippen LogP contribution is 2.22. The number of esters is 1. The molecule has 0 fully saturated rings. The van der Waals surface area contributed by atoms with Crippen LogP contribution in [-0.2, 0) is 26.0 Å². The Balaban J connectivity index is 1.71. The summed E-state index contributed by atoms with van der Waals surface area (Å²) in [6.45, 7) is 3.22. The first-order chi connectivity index (χ1) is 14.6. The third-order valence-electron chi connectivity index (χ3n) is 4.78. The van der Waals surface area contributed by atoms with Crippen molar-refractivity contribution in [3.63, 3.8) is 0 Å². The smallest absolute Gasteiger partial charge is 0.310 e. The number of benzene rings is 2. The Morgan fingerprint density at radius 2 is 1.65 bits per heavy atom. The zero-order valence-corrected chi connectivity index (χ0v) is 18.5. The number of nitrogens with two attached hydrogens (primary N) is 1. The average Bonchev–Trinajstić information content (AvgIpc) is 3.01. The van der Waals surface area contributed by atoms with Gasteiger partial charge in [-0.05, 0) is 61.9 Å². The van der Waals surface area contributed by atoms with E-state index in [1.165, 1.54) is 12.1 Å². The van der Waals surface area contributed by atoms with Crippen LogP contribution < -0.4 is 5.14 Å². The monoisotopic (exact) mass is 460 g/mol. The van der Waals surface area contributed by atoms with Gasteiger partial charge in [-0.1, -0.05) is 23.7 Å². The summed E-state index contributed by atoms with van der Waals surface area (Å²) in [4.78, 5) is 24.7. The van der Waals surface area contributed by atoms with Crippen molar-refractivity contribution in [3.8, 4) is 5.69 Å². The van der Waals surface area contributed by atoms with Crippen LogP contribution in [-0.4, -0.2) is 31.3 Å². The highest BCUT2D eigenvalue weighted by atomic mass is 35.5. The van der Waals surface area contributed by atoms with E-state index in [0.29, 0.717) is 22.0 Å². The Labute approximate surface area is 185 Å². The fourth-order valence-electron chi connectivity index (χ4n) is 3.27. The van der Waals surface area contributed by atoms with Gasteiger partial charge >= 0.3 is 5.97 Å². The summed E-state index contributed by atoms with van der Waals surface area (Å²) < 4.78 is 29.8. The van der Waals surface area contributed by atoms with Gasteiger partial charge in [0.15, 0.2) is 6.61 Å². The van der Waals surface area contributed by atoms with E-state index in [2.05, 4.69) is 0 Å². The van der Waals surface area contributed by atoms with Crippen molar-refractivity contribution in [2.45, 2.75) is 25.2 Å². The number of primary sulfonamides is 1. The molecule has 1 heterocycles. The van der Waals surface area contributed by atoms with Crippen LogP contribution in [0.1, 0.15) is 27.3 Å². The molecular weight excluding hydrogens is 440 g/mol. The summed E-state index contributed by atoms with van der Waals surface area (Å²) >= 11 is 5.83. The normalized spacial score (nSPS) is 11.4. The van der Waals surface area contributed by atoms with Gasteiger partial charge in [0.25, 0.3) is 0 Å². The fourth-order valence-corrected chi connectivity index (χ4v) is 3.91. The lowest BCUT2D eigenvalue weighted by Crippen LogP contribution is -2.16. The van der Waals surface area contributed by atoms with Crippen molar-refractivity contribution in [2.24, 2.45) is 5.14 Å². The molecule has 0 radical (unpaired) electrons. The number of carbonyl (C=O) groups excluding carboxylic acids is 2. The van der Waals surface area contributed by atoms with E-state index in [-0.39, 0.29) is 23.7 Å². The Kier molecular flexibility index (Phi) is 6.64. The average molecular weight is 461 g/mol. The van der Waals surface area contributed by atoms with Crippen LogP contribution in [0, 0.1) is 13.8 Å². The van der Waals surface area contributed by atoms with E-state index in [0.717, 1.165) is 11.3 Å². The molecule has 31 heavy (non-hydrogen) atoms. The molecule has 7 nitrogen and oxygen atoms in total. The molecule has 0 saturated heterocycles. The molecular formula is C22H21ClN2O5S. The van der Waals surface area contributed by atoms with Gasteiger partial charge in [-0.2, -0.15) is 0 Å². The summed E-state index contributed by atoms with van der Waals surface area (Å²) in [7, 11) is -3.79. The zero-order chi connectivity index (χ0) is 22.8. The second kappa shape index (κ2) is 9.05. The molecule has 0 spiro atoms. The van der Waals surface area contributed by atoms with Crippen LogP contribution in [0.5, 0.6) is 0 Å². The Morgan fingerprint density at radius 1 is 1.03 bits per heavy atom. The van der Waals surface area contributed by atoms with Gasteiger partial charge in [-0.25, -0.2) is 13.6 Å². The van der Waals surface area contributed by atoms with Crippen molar-refractivity contribution in [3.05, 3.63) is 82.1 Å². The number of carbonyl (C=O) groups is 2. The summed E-state index contributed by atoms with van der Waals surface area (Å²) in [5, 5.41) is 5.71. The van der Waals surface area contributed by atoms with Crippen LogP contribution in [0.2, 0.25) is 5.02 Å². The van der Waals surface area contributed by atoms with Crippen molar-refractivity contribution >= 4 is 33.4 Å². The van der Waals surface area contributed by atoms with Gasteiger partial charge in [-0.15, -0.1) is 0 Å². The van der Waals surface area contributed by atoms with E-state index in [1.54, 1.807) is 49.4 Å². The molecule has 0 bridgehead atoms. The summed E-state index contributed by atoms with van der Waals surface area (Å²) in [5.41, 5.74) is 3.27. The molecule has 0 atom stereocenters. The number of halogens is 1. The number of sulfonamides is 1. The second-order valence-electron chi connectivity index (χ2n) is 7.05. The number of aromatic nitrogens is 1. The zero-order valence-electron chi connectivity index (χ0n) is 17.0. The third kappa shape index (κ3) is 5.41. The number of hydrogen-bond donors (Lipinski definition) is 1. The molecule has 1 aromatic heterocycles. The number of ether oxygens (including phenoxy) is 1. The fraction of sp³-hybridized carbons (Fsp3) is 0.182. The molecule has 0 aliphatic heterocycles. The lowest BCUT2D eigenvalue weighted by Gasteiger charge is -2.10. The molecule has 3 aromatic rings. The first-order valence-corrected chi connectivity index (χ1v) is 11.2. The second-order valence-corrected chi connectivity index (χ2v) is 9.04. The molecule has 0 amide bonds. The number of nitrogens with zero attached hydrogens (tertiary/aromatic N) is 1. The van der Waals surface area contributed by atoms with Crippen LogP contribution in [0.4, 0.5) is 0 Å². The summed E-state index contributed by atoms with van der Waals surface area (Å²) in [5.74, 6) is -0.840. The maximum absolute atomic E-state index is 12.6. The van der Waals surface area contributed by atoms with E-state index in [9.17, 15) is 18.0 Å². The predicted molar refractivity (Wildman–Crippen MR) is 117 cm³/mol. The molecule has 0 aliphatic carbocycles. The van der Waals surface area contributed by atoms with Gasteiger partial charge in [0, 0.05) is 27.7 Å². The lowest BCUT2D eigenvalue weighted by molar-refractivity contribution is -0.141. The minimum Gasteiger partial charge on any atom is -0.457 e. The quantitative estimate of drug-likeness (QED) is 0.429. The van der Waals surface area contributed by atoms with Gasteiger partial charge in [0.05, 0.1) is 11.3 Å². The summed E-state index contributed by atoms with van der Waals surface area (Å²) in [6, 6.07) is 14.5. The van der Waals surface area contributed by atoms with Gasteiger partial charge < -0.3 is 9.30 Å². The van der Waals surface area contributed by atoms with Crippen LogP contribution in [0.25, 0.3) is 5.69 Å². The topological polar surface area (TPSA) is 108 Å². The third-order valence-corrected chi connectivity index (χ3v) is 5.96. The molecule has 9 heteroatoms. The molecule has 0 aliphatic rings. The van der Waals surface area contributed by atoms with E-state index in [1.807, 2.05) is 11.5 Å². The van der Waals surface area contributed by atoms with Gasteiger partial charge in [0.1, 0.15) is 0 Å². The maximum Gasteiger partial charge on any atom is 0.310 e. The van der Waals surface area contributed by atoms with Crippen molar-refractivity contribution in [2.75, 3.05) is 6.61 Å². The van der Waals surface area contributed by atoms with Gasteiger partial charge in [-0.3, -0.25) is 9.59 Å². The first kappa shape index (κ1) is 22.7. The van der Waals surface area contributed by atoms with Crippen molar-refractivity contribution in [1.29, 1.82) is 0 Å². The van der Waals surface area contributed by atoms with Gasteiger partial charge in [0.2, 0.25) is 15.8 Å². The molecule has 3 rings (SSSR count). The minimum absolute atomic E-state index is 0.00242. The van der Waals surface area contributed by atoms with E-state index >= 15 is 0 Å². The molecule has 2 N–H and O–H groups in total. The van der Waals surface area contributed by atoms with Crippen LogP contribution >= 0.6 is 11.6 Å². The number of Topliss-reactive ketones (excluding diaryl/α,β-unsaturated/α-hetero) is 1. The van der Waals surface area contributed by atoms with E-state index < -0.39 is 16.0 Å². The predicted octanol–water partition coefficient (Wildman–Crippen LogP) is 3.36. The SMILES string of the molecule is Cc1cc(C(=O)COC(=O)Cc2ccc(Cl)cc2)c(C)n1-c1ccc(S(N)(=O)=O)cc1. The number of hydrogen-bond acceptors (Lipinski definition) is 5. The number of ketones is 1. The molecule has 2 aromatic carbocycles. The Bertz CT molecular complexity index is 1230. The minimum atomic E-state index is -3.79. The largest absolute Gasteiger partial charge is 0.457 e. The first-order valence-electron chi connectivity index (χ1n) is 9.31. The Hall–Kier alpha value is -2.94. The molecule has 0 unspecified atom stereocenters. The number of rotatable bonds is 7. The number of aryl methyl sites for hydroxylation is 1.